The number of hydrogen-bond acceptors (Lipinski definition) is 3. The number of carboxylic acid groups (broad SMARTS) is 1. The third-order valence-corrected chi connectivity index (χ3v) is 1.39. The van der Waals surface area contributed by atoms with Gasteiger partial charge in [0.15, 0.2) is 0 Å². The maximum atomic E-state index is 10.4. The summed E-state index contributed by atoms with van der Waals surface area (Å²) >= 11 is 0. The highest BCUT2D eigenvalue weighted by Gasteiger charge is 2.26. The van der Waals surface area contributed by atoms with E-state index < -0.39 is 11.5 Å². The Hall–Kier alpha value is -0.610. The molecule has 0 aliphatic carbocycles. The Morgan fingerprint density at radius 2 is 2.20 bits per heavy atom. The Kier molecular flexibility index (Phi) is 3.32. The summed E-state index contributed by atoms with van der Waals surface area (Å²) in [6.45, 7) is 1.98. The molecule has 0 aromatic rings. The van der Waals surface area contributed by atoms with Gasteiger partial charge < -0.3 is 16.6 Å². The molecule has 0 fully saturated rings. The van der Waals surface area contributed by atoms with Crippen molar-refractivity contribution in [1.29, 1.82) is 0 Å². The average molecular weight is 146 g/mol. The molecule has 0 rings (SSSR count). The van der Waals surface area contributed by atoms with Gasteiger partial charge in [-0.15, -0.1) is 0 Å². The molecule has 10 heavy (non-hydrogen) atoms. The molecule has 4 nitrogen and oxygen atoms in total. The summed E-state index contributed by atoms with van der Waals surface area (Å²) in [4.78, 5) is 10.4. The summed E-state index contributed by atoms with van der Waals surface area (Å²) in [5, 5.41) is 8.50. The molecule has 1 unspecified atom stereocenters. The van der Waals surface area contributed by atoms with Gasteiger partial charge in [-0.2, -0.15) is 0 Å². The molecule has 0 aromatic carbocycles. The van der Waals surface area contributed by atoms with E-state index in [2.05, 4.69) is 0 Å². The highest BCUT2D eigenvalue weighted by atomic mass is 16.4. The minimum Gasteiger partial charge on any atom is -0.480 e. The Labute approximate surface area is 60.2 Å². The number of carbonyl (C=O) groups is 1. The molecule has 1 atom stereocenters. The van der Waals surface area contributed by atoms with Crippen LogP contribution in [0.2, 0.25) is 0 Å². The van der Waals surface area contributed by atoms with Gasteiger partial charge >= 0.3 is 5.97 Å². The fourth-order valence-corrected chi connectivity index (χ4v) is 0.576. The van der Waals surface area contributed by atoms with E-state index in [-0.39, 0.29) is 0 Å². The maximum absolute atomic E-state index is 10.4. The van der Waals surface area contributed by atoms with Crippen molar-refractivity contribution < 1.29 is 9.90 Å². The summed E-state index contributed by atoms with van der Waals surface area (Å²) in [6.07, 6.45) is 1.08. The smallest absolute Gasteiger partial charge is 0.323 e. The van der Waals surface area contributed by atoms with Crippen LogP contribution in [-0.2, 0) is 4.79 Å². The van der Waals surface area contributed by atoms with Gasteiger partial charge in [0.2, 0.25) is 0 Å². The second kappa shape index (κ2) is 3.53. The molecule has 0 saturated carbocycles. The van der Waals surface area contributed by atoms with Gasteiger partial charge in [0.25, 0.3) is 0 Å². The minimum absolute atomic E-state index is 0.429. The van der Waals surface area contributed by atoms with Gasteiger partial charge in [0, 0.05) is 0 Å². The summed E-state index contributed by atoms with van der Waals surface area (Å²) < 4.78 is 0. The van der Waals surface area contributed by atoms with Crippen molar-refractivity contribution in [2.45, 2.75) is 25.3 Å². The maximum Gasteiger partial charge on any atom is 0.323 e. The first kappa shape index (κ1) is 9.39. The van der Waals surface area contributed by atoms with E-state index in [1.165, 1.54) is 6.92 Å². The third kappa shape index (κ3) is 2.80. The van der Waals surface area contributed by atoms with Crippen molar-refractivity contribution in [1.82, 2.24) is 0 Å². The number of rotatable bonds is 4. The first-order valence-electron chi connectivity index (χ1n) is 3.23. The lowest BCUT2D eigenvalue weighted by molar-refractivity contribution is -0.142. The Morgan fingerprint density at radius 3 is 2.50 bits per heavy atom. The van der Waals surface area contributed by atoms with Crippen LogP contribution in [0.1, 0.15) is 19.8 Å². The third-order valence-electron chi connectivity index (χ3n) is 1.39. The van der Waals surface area contributed by atoms with Crippen molar-refractivity contribution in [3.8, 4) is 0 Å². The monoisotopic (exact) mass is 146 g/mol. The van der Waals surface area contributed by atoms with Crippen LogP contribution >= 0.6 is 0 Å². The normalized spacial score (nSPS) is 16.3. The second-order valence-corrected chi connectivity index (χ2v) is 2.61. The summed E-state index contributed by atoms with van der Waals surface area (Å²) in [5.41, 5.74) is 9.47. The largest absolute Gasteiger partial charge is 0.480 e. The minimum atomic E-state index is -1.11. The van der Waals surface area contributed by atoms with E-state index in [0.29, 0.717) is 19.4 Å². The van der Waals surface area contributed by atoms with Crippen molar-refractivity contribution in [3.63, 3.8) is 0 Å². The van der Waals surface area contributed by atoms with Crippen LogP contribution in [0.25, 0.3) is 0 Å². The van der Waals surface area contributed by atoms with E-state index in [0.717, 1.165) is 0 Å². The molecular weight excluding hydrogens is 132 g/mol. The van der Waals surface area contributed by atoms with Gasteiger partial charge in [-0.1, -0.05) is 0 Å². The average Bonchev–Trinajstić information content (AvgIpc) is 1.84. The first-order valence-corrected chi connectivity index (χ1v) is 3.23. The van der Waals surface area contributed by atoms with E-state index in [1.807, 2.05) is 0 Å². The topological polar surface area (TPSA) is 89.3 Å². The molecule has 5 N–H and O–H groups in total. The Morgan fingerprint density at radius 1 is 1.70 bits per heavy atom. The van der Waals surface area contributed by atoms with E-state index in [1.54, 1.807) is 0 Å². The van der Waals surface area contributed by atoms with E-state index >= 15 is 0 Å². The zero-order chi connectivity index (χ0) is 8.20. The van der Waals surface area contributed by atoms with Crippen LogP contribution in [-0.4, -0.2) is 23.2 Å². The fourth-order valence-electron chi connectivity index (χ4n) is 0.576. The Balaban J connectivity index is 3.75. The Bertz CT molecular complexity index is 123. The van der Waals surface area contributed by atoms with E-state index in [9.17, 15) is 4.79 Å². The standard InChI is InChI=1S/C6H14N2O2/c1-6(8,5(9)10)3-2-4-7/h2-4,7-8H2,1H3,(H,9,10). The number of nitrogens with two attached hydrogens (primary N) is 2. The lowest BCUT2D eigenvalue weighted by atomic mass is 9.98. The molecule has 0 radical (unpaired) electrons. The molecule has 0 saturated heterocycles. The molecular formula is C6H14N2O2. The molecule has 0 amide bonds. The summed E-state index contributed by atoms with van der Waals surface area (Å²) in [7, 11) is 0. The SMILES string of the molecule is CC(N)(CCCN)C(=O)O. The van der Waals surface area contributed by atoms with Crippen LogP contribution in [0.3, 0.4) is 0 Å². The van der Waals surface area contributed by atoms with Crippen LogP contribution < -0.4 is 11.5 Å². The summed E-state index contributed by atoms with van der Waals surface area (Å²) in [5.74, 6) is -0.971. The number of carboxylic acids is 1. The molecule has 0 spiro atoms. The van der Waals surface area contributed by atoms with Gasteiger partial charge in [-0.05, 0) is 26.3 Å². The molecule has 0 aliphatic rings. The highest BCUT2D eigenvalue weighted by Crippen LogP contribution is 2.07. The second-order valence-electron chi connectivity index (χ2n) is 2.61. The lowest BCUT2D eigenvalue weighted by Gasteiger charge is -2.17. The molecule has 0 aliphatic heterocycles. The van der Waals surface area contributed by atoms with E-state index in [4.69, 9.17) is 16.6 Å². The quantitative estimate of drug-likeness (QED) is 0.500. The molecule has 60 valence electrons. The highest BCUT2D eigenvalue weighted by molar-refractivity contribution is 5.77. The van der Waals surface area contributed by atoms with Gasteiger partial charge in [-0.25, -0.2) is 0 Å². The van der Waals surface area contributed by atoms with Gasteiger partial charge in [-0.3, -0.25) is 4.79 Å². The van der Waals surface area contributed by atoms with Crippen LogP contribution in [0.4, 0.5) is 0 Å². The predicted molar refractivity (Wildman–Crippen MR) is 38.5 cm³/mol. The predicted octanol–water partition coefficient (Wildman–Crippen LogP) is -0.473. The van der Waals surface area contributed by atoms with Crippen LogP contribution in [0.5, 0.6) is 0 Å². The zero-order valence-electron chi connectivity index (χ0n) is 6.13. The van der Waals surface area contributed by atoms with Gasteiger partial charge in [0.1, 0.15) is 5.54 Å². The van der Waals surface area contributed by atoms with Crippen molar-refractivity contribution in [2.24, 2.45) is 11.5 Å². The molecule has 0 heterocycles. The summed E-state index contributed by atoms with van der Waals surface area (Å²) in [6, 6.07) is 0. The number of hydrogen-bond donors (Lipinski definition) is 3. The van der Waals surface area contributed by atoms with Crippen molar-refractivity contribution in [3.05, 3.63) is 0 Å². The van der Waals surface area contributed by atoms with Crippen LogP contribution in [0, 0.1) is 0 Å². The molecule has 4 heteroatoms. The van der Waals surface area contributed by atoms with Crippen molar-refractivity contribution in [2.75, 3.05) is 6.54 Å². The zero-order valence-corrected chi connectivity index (χ0v) is 6.13. The molecule has 0 aromatic heterocycles. The first-order chi connectivity index (χ1) is 4.50. The molecule has 0 bridgehead atoms. The lowest BCUT2D eigenvalue weighted by Crippen LogP contribution is -2.45. The number of aliphatic carboxylic acids is 1. The van der Waals surface area contributed by atoms with Crippen molar-refractivity contribution >= 4 is 5.97 Å². The fraction of sp³-hybridized carbons (Fsp3) is 0.833. The van der Waals surface area contributed by atoms with Crippen LogP contribution in [0.15, 0.2) is 0 Å². The van der Waals surface area contributed by atoms with Gasteiger partial charge in [0.05, 0.1) is 0 Å².